The van der Waals surface area contributed by atoms with E-state index in [1.54, 1.807) is 6.55 Å². The lowest BCUT2D eigenvalue weighted by molar-refractivity contribution is -0.138. The average molecular weight is 280 g/mol. The molecule has 0 aliphatic heterocycles. The third-order valence-electron chi connectivity index (χ3n) is 2.66. The summed E-state index contributed by atoms with van der Waals surface area (Å²) in [6, 6.07) is 10.7. The van der Waals surface area contributed by atoms with Crippen LogP contribution in [0, 0.1) is 0 Å². The van der Waals surface area contributed by atoms with Gasteiger partial charge in [-0.2, -0.15) is 0 Å². The molecule has 0 bridgehead atoms. The fourth-order valence-corrected chi connectivity index (χ4v) is 4.27. The van der Waals surface area contributed by atoms with E-state index in [-0.39, 0.29) is 0 Å². The molecule has 0 heterocycles. The lowest BCUT2D eigenvalue weighted by Gasteiger charge is -2.24. The summed E-state index contributed by atoms with van der Waals surface area (Å²) >= 11 is 0. The molecule has 0 saturated carbocycles. The van der Waals surface area contributed by atoms with E-state index < -0.39 is 20.5 Å². The number of carbonyl (C=O) groups is 2. The maximum atomic E-state index is 11.1. The first-order valence-electron chi connectivity index (χ1n) is 6.34. The Morgan fingerprint density at radius 2 is 1.58 bits per heavy atom. The monoisotopic (exact) mass is 280 g/mol. The molecule has 0 aliphatic carbocycles. The van der Waals surface area contributed by atoms with Gasteiger partial charge in [0.15, 0.2) is 0 Å². The van der Waals surface area contributed by atoms with Crippen molar-refractivity contribution in [2.24, 2.45) is 0 Å². The van der Waals surface area contributed by atoms with Crippen molar-refractivity contribution < 1.29 is 18.4 Å². The van der Waals surface area contributed by atoms with E-state index in [4.69, 9.17) is 8.85 Å². The first-order valence-corrected chi connectivity index (χ1v) is 8.87. The first kappa shape index (κ1) is 15.4. The van der Waals surface area contributed by atoms with Gasteiger partial charge in [0.1, 0.15) is 0 Å². The third-order valence-corrected chi connectivity index (χ3v) is 5.36. The molecule has 0 atom stereocenters. The first-order chi connectivity index (χ1) is 8.91. The van der Waals surface area contributed by atoms with Crippen molar-refractivity contribution in [3.8, 4) is 0 Å². The van der Waals surface area contributed by atoms with Gasteiger partial charge in [-0.15, -0.1) is 0 Å². The fraction of sp³-hybridized carbons (Fsp3) is 0.429. The van der Waals surface area contributed by atoms with E-state index in [2.05, 4.69) is 12.1 Å². The Kier molecular flexibility index (Phi) is 5.76. The van der Waals surface area contributed by atoms with Crippen LogP contribution in [-0.2, 0) is 24.9 Å². The minimum Gasteiger partial charge on any atom is -0.485 e. The van der Waals surface area contributed by atoms with Crippen molar-refractivity contribution in [2.45, 2.75) is 39.3 Å². The van der Waals surface area contributed by atoms with Crippen LogP contribution in [0.5, 0.6) is 0 Å². The summed E-state index contributed by atoms with van der Waals surface area (Å²) in [6.45, 7) is 4.43. The Balaban J connectivity index is 2.53. The predicted octanol–water partition coefficient (Wildman–Crippen LogP) is 2.82. The van der Waals surface area contributed by atoms with Gasteiger partial charge in [-0.05, 0) is 18.4 Å². The summed E-state index contributed by atoms with van der Waals surface area (Å²) in [5, 5.41) is 0. The quantitative estimate of drug-likeness (QED) is 0.752. The summed E-state index contributed by atoms with van der Waals surface area (Å²) in [4.78, 5) is 22.2. The van der Waals surface area contributed by atoms with Gasteiger partial charge >= 0.3 is 8.56 Å². The van der Waals surface area contributed by atoms with Crippen molar-refractivity contribution in [1.29, 1.82) is 0 Å². The van der Waals surface area contributed by atoms with Gasteiger partial charge in [0, 0.05) is 26.4 Å². The van der Waals surface area contributed by atoms with Crippen molar-refractivity contribution in [3.05, 3.63) is 35.9 Å². The van der Waals surface area contributed by atoms with Gasteiger partial charge in [0.05, 0.1) is 0 Å². The lowest BCUT2D eigenvalue weighted by Crippen LogP contribution is -2.41. The third kappa shape index (κ3) is 6.19. The largest absolute Gasteiger partial charge is 0.485 e. The van der Waals surface area contributed by atoms with Crippen LogP contribution in [0.4, 0.5) is 0 Å². The molecule has 1 aromatic rings. The number of benzene rings is 1. The number of aryl methyl sites for hydroxylation is 1. The smallest absolute Gasteiger partial charge is 0.461 e. The molecule has 19 heavy (non-hydrogen) atoms. The topological polar surface area (TPSA) is 52.6 Å². The predicted molar refractivity (Wildman–Crippen MR) is 74.7 cm³/mol. The lowest BCUT2D eigenvalue weighted by atomic mass is 10.1. The molecule has 0 fully saturated rings. The average Bonchev–Trinajstić information content (AvgIpc) is 2.27. The Morgan fingerprint density at radius 1 is 1.05 bits per heavy atom. The van der Waals surface area contributed by atoms with Crippen LogP contribution < -0.4 is 0 Å². The Hall–Kier alpha value is -1.62. The number of hydrogen-bond donors (Lipinski definition) is 0. The van der Waals surface area contributed by atoms with Crippen LogP contribution in [0.15, 0.2) is 30.3 Å². The van der Waals surface area contributed by atoms with Crippen LogP contribution in [0.1, 0.15) is 25.8 Å². The molecule has 0 aliphatic rings. The summed E-state index contributed by atoms with van der Waals surface area (Å²) in [6.07, 6.45) is 1.71. The molecule has 0 N–H and O–H groups in total. The van der Waals surface area contributed by atoms with E-state index in [9.17, 15) is 9.59 Å². The Bertz CT molecular complexity index is 414. The molecule has 104 valence electrons. The van der Waals surface area contributed by atoms with Gasteiger partial charge in [0.25, 0.3) is 11.9 Å². The minimum atomic E-state index is -2.73. The van der Waals surface area contributed by atoms with Crippen LogP contribution in [-0.4, -0.2) is 20.5 Å². The van der Waals surface area contributed by atoms with Crippen LogP contribution in [0.25, 0.3) is 0 Å². The summed E-state index contributed by atoms with van der Waals surface area (Å²) in [5.74, 6) is -0.787. The molecule has 0 amide bonds. The van der Waals surface area contributed by atoms with Crippen LogP contribution in [0.2, 0.25) is 12.6 Å². The minimum absolute atomic E-state index is 0.393. The molecule has 1 rings (SSSR count). The number of rotatable bonds is 6. The Labute approximate surface area is 115 Å². The van der Waals surface area contributed by atoms with Gasteiger partial charge in [0.2, 0.25) is 0 Å². The van der Waals surface area contributed by atoms with E-state index in [0.29, 0.717) is 6.04 Å². The van der Waals surface area contributed by atoms with E-state index in [1.807, 2.05) is 18.2 Å². The van der Waals surface area contributed by atoms with Crippen LogP contribution >= 0.6 is 0 Å². The molecule has 5 heteroatoms. The number of hydrogen-bond acceptors (Lipinski definition) is 4. The fourth-order valence-electron chi connectivity index (χ4n) is 1.99. The van der Waals surface area contributed by atoms with Crippen molar-refractivity contribution in [3.63, 3.8) is 0 Å². The van der Waals surface area contributed by atoms with Gasteiger partial charge in [-0.1, -0.05) is 30.3 Å². The molecule has 0 radical (unpaired) electrons. The molecular weight excluding hydrogens is 260 g/mol. The molecule has 0 aromatic heterocycles. The zero-order chi connectivity index (χ0) is 14.3. The zero-order valence-electron chi connectivity index (χ0n) is 11.6. The Morgan fingerprint density at radius 3 is 2.05 bits per heavy atom. The summed E-state index contributed by atoms with van der Waals surface area (Å²) < 4.78 is 10.5. The van der Waals surface area contributed by atoms with Gasteiger partial charge < -0.3 is 8.85 Å². The highest BCUT2D eigenvalue weighted by atomic mass is 28.4. The molecular formula is C14H20O4Si. The highest BCUT2D eigenvalue weighted by Gasteiger charge is 2.37. The molecule has 0 saturated heterocycles. The van der Waals surface area contributed by atoms with Crippen molar-refractivity contribution >= 4 is 20.5 Å². The van der Waals surface area contributed by atoms with E-state index in [0.717, 1.165) is 12.8 Å². The second-order valence-electron chi connectivity index (χ2n) is 4.66. The second-order valence-corrected chi connectivity index (χ2v) is 7.84. The standard InChI is InChI=1S/C14H20O4Si/c1-12(15)17-19(3,18-13(2)16)11-7-10-14-8-5-4-6-9-14/h4-6,8-9H,7,10-11H2,1-3H3. The van der Waals surface area contributed by atoms with Gasteiger partial charge in [-0.25, -0.2) is 0 Å². The second kappa shape index (κ2) is 7.09. The molecule has 0 spiro atoms. The maximum Gasteiger partial charge on any atom is 0.461 e. The van der Waals surface area contributed by atoms with Crippen molar-refractivity contribution in [2.75, 3.05) is 0 Å². The van der Waals surface area contributed by atoms with E-state index >= 15 is 0 Å². The molecule has 4 nitrogen and oxygen atoms in total. The maximum absolute atomic E-state index is 11.1. The van der Waals surface area contributed by atoms with Crippen molar-refractivity contribution in [1.82, 2.24) is 0 Å². The number of carbonyl (C=O) groups excluding carboxylic acids is 2. The van der Waals surface area contributed by atoms with Gasteiger partial charge in [-0.3, -0.25) is 9.59 Å². The normalized spacial score (nSPS) is 10.9. The SMILES string of the molecule is CC(=O)O[Si](C)(CCCc1ccccc1)OC(C)=O. The zero-order valence-corrected chi connectivity index (χ0v) is 12.6. The molecule has 1 aromatic carbocycles. The highest BCUT2D eigenvalue weighted by molar-refractivity contribution is 6.69. The summed E-state index contributed by atoms with van der Waals surface area (Å²) in [5.41, 5.74) is 1.23. The van der Waals surface area contributed by atoms with E-state index in [1.165, 1.54) is 19.4 Å². The summed E-state index contributed by atoms with van der Waals surface area (Å²) in [7, 11) is -2.73. The molecule has 0 unspecified atom stereocenters. The van der Waals surface area contributed by atoms with Crippen LogP contribution in [0.3, 0.4) is 0 Å². The highest BCUT2D eigenvalue weighted by Crippen LogP contribution is 2.18.